The van der Waals surface area contributed by atoms with Gasteiger partial charge in [0.05, 0.1) is 0 Å². The predicted molar refractivity (Wildman–Crippen MR) is 86.4 cm³/mol. The van der Waals surface area contributed by atoms with E-state index in [-0.39, 0.29) is 11.9 Å². The van der Waals surface area contributed by atoms with E-state index in [9.17, 15) is 9.59 Å². The Kier molecular flexibility index (Phi) is 4.68. The van der Waals surface area contributed by atoms with E-state index in [1.807, 2.05) is 0 Å². The number of aromatic amines is 1. The van der Waals surface area contributed by atoms with Gasteiger partial charge in [0.2, 0.25) is 5.91 Å². The number of anilines is 1. The van der Waals surface area contributed by atoms with Gasteiger partial charge in [-0.2, -0.15) is 5.10 Å². The first-order valence-electron chi connectivity index (χ1n) is 8.21. The van der Waals surface area contributed by atoms with E-state index in [2.05, 4.69) is 31.8 Å². The van der Waals surface area contributed by atoms with Crippen LogP contribution in [0.15, 0.2) is 6.07 Å². The van der Waals surface area contributed by atoms with Crippen LogP contribution in [0.5, 0.6) is 0 Å². The zero-order chi connectivity index (χ0) is 16.2. The van der Waals surface area contributed by atoms with Gasteiger partial charge in [-0.05, 0) is 12.8 Å². The molecule has 23 heavy (non-hydrogen) atoms. The highest BCUT2D eigenvalue weighted by atomic mass is 16.2. The molecule has 1 saturated carbocycles. The van der Waals surface area contributed by atoms with Gasteiger partial charge in [0.15, 0.2) is 5.82 Å². The van der Waals surface area contributed by atoms with E-state index in [0.29, 0.717) is 32.1 Å². The largest absolute Gasteiger partial charge is 0.355 e. The summed E-state index contributed by atoms with van der Waals surface area (Å²) in [6, 6.07) is 2.07. The summed E-state index contributed by atoms with van der Waals surface area (Å²) in [4.78, 5) is 26.8. The molecule has 0 radical (unpaired) electrons. The zero-order valence-electron chi connectivity index (χ0n) is 13.5. The number of urea groups is 1. The molecule has 2 heterocycles. The van der Waals surface area contributed by atoms with Gasteiger partial charge < -0.3 is 20.4 Å². The molecule has 3 amide bonds. The van der Waals surface area contributed by atoms with Gasteiger partial charge in [-0.1, -0.05) is 0 Å². The third-order valence-electron chi connectivity index (χ3n) is 4.27. The topological polar surface area (TPSA) is 93.4 Å². The second-order valence-corrected chi connectivity index (χ2v) is 6.14. The molecular weight excluding hydrogens is 296 g/mol. The first-order valence-corrected chi connectivity index (χ1v) is 8.21. The molecule has 126 valence electrons. The van der Waals surface area contributed by atoms with Crippen LogP contribution < -0.4 is 15.5 Å². The van der Waals surface area contributed by atoms with Crippen LogP contribution in [0.25, 0.3) is 0 Å². The van der Waals surface area contributed by atoms with Crippen LogP contribution >= 0.6 is 0 Å². The van der Waals surface area contributed by atoms with Crippen molar-refractivity contribution in [2.45, 2.75) is 25.7 Å². The molecule has 0 spiro atoms. The van der Waals surface area contributed by atoms with Gasteiger partial charge in [-0.15, -0.1) is 0 Å². The van der Waals surface area contributed by atoms with E-state index >= 15 is 0 Å². The lowest BCUT2D eigenvalue weighted by Crippen LogP contribution is -2.52. The van der Waals surface area contributed by atoms with Crippen molar-refractivity contribution in [3.8, 4) is 0 Å². The Morgan fingerprint density at radius 1 is 1.22 bits per heavy atom. The second-order valence-electron chi connectivity index (χ2n) is 6.14. The molecule has 2 fully saturated rings. The summed E-state index contributed by atoms with van der Waals surface area (Å²) in [5.74, 6) is 1.57. The maximum absolute atomic E-state index is 12.0. The normalized spacial score (nSPS) is 18.0. The van der Waals surface area contributed by atoms with Crippen molar-refractivity contribution in [1.82, 2.24) is 25.7 Å². The second kappa shape index (κ2) is 6.89. The van der Waals surface area contributed by atoms with Gasteiger partial charge in [0.25, 0.3) is 0 Å². The number of aromatic nitrogens is 2. The molecule has 1 aromatic rings. The molecule has 1 aliphatic heterocycles. The van der Waals surface area contributed by atoms with Crippen LogP contribution in [-0.4, -0.2) is 66.3 Å². The minimum absolute atomic E-state index is 0.0734. The molecule has 1 aliphatic carbocycles. The summed E-state index contributed by atoms with van der Waals surface area (Å²) in [6.07, 6.45) is 2.52. The van der Waals surface area contributed by atoms with Crippen molar-refractivity contribution in [2.24, 2.45) is 0 Å². The molecule has 1 saturated heterocycles. The number of piperazine rings is 1. The minimum atomic E-state index is -0.0857. The summed E-state index contributed by atoms with van der Waals surface area (Å²) in [5.41, 5.74) is 1.23. The Balaban J connectivity index is 1.40. The first kappa shape index (κ1) is 15.6. The lowest BCUT2D eigenvalue weighted by molar-refractivity contribution is -0.118. The van der Waals surface area contributed by atoms with Crippen molar-refractivity contribution < 1.29 is 9.59 Å². The quantitative estimate of drug-likeness (QED) is 0.678. The van der Waals surface area contributed by atoms with Crippen LogP contribution in [0.2, 0.25) is 0 Å². The van der Waals surface area contributed by atoms with E-state index in [4.69, 9.17) is 0 Å². The van der Waals surface area contributed by atoms with E-state index in [1.54, 1.807) is 4.90 Å². The number of hydrogen-bond donors (Lipinski definition) is 3. The predicted octanol–water partition coefficient (Wildman–Crippen LogP) is 0.255. The van der Waals surface area contributed by atoms with Gasteiger partial charge in [0.1, 0.15) is 0 Å². The Bertz CT molecular complexity index is 560. The average Bonchev–Trinajstić information content (AvgIpc) is 3.29. The molecule has 0 aromatic carbocycles. The Morgan fingerprint density at radius 2 is 1.91 bits per heavy atom. The number of nitrogens with one attached hydrogen (secondary N) is 3. The highest BCUT2D eigenvalue weighted by Gasteiger charge is 2.27. The lowest BCUT2D eigenvalue weighted by atomic mass is 10.2. The molecule has 8 nitrogen and oxygen atoms in total. The van der Waals surface area contributed by atoms with Crippen molar-refractivity contribution >= 4 is 17.8 Å². The fraction of sp³-hybridized carbons (Fsp3) is 0.667. The van der Waals surface area contributed by atoms with Crippen LogP contribution in [0.4, 0.5) is 10.6 Å². The standard InChI is InChI=1S/C15H24N6O2/c1-11(22)16-4-5-17-15(23)21-8-6-20(7-9-21)14-10-13(18-19-14)12-2-3-12/h10,12H,2-9H2,1H3,(H,16,22)(H,17,23)(H,18,19). The van der Waals surface area contributed by atoms with Crippen LogP contribution in [0, 0.1) is 0 Å². The summed E-state index contributed by atoms with van der Waals surface area (Å²) in [6.45, 7) is 5.29. The summed E-state index contributed by atoms with van der Waals surface area (Å²) < 4.78 is 0. The van der Waals surface area contributed by atoms with Gasteiger partial charge in [-0.25, -0.2) is 4.79 Å². The minimum Gasteiger partial charge on any atom is -0.355 e. The first-order chi connectivity index (χ1) is 11.1. The third-order valence-corrected chi connectivity index (χ3v) is 4.27. The Labute approximate surface area is 135 Å². The van der Waals surface area contributed by atoms with Crippen LogP contribution in [0.3, 0.4) is 0 Å². The fourth-order valence-electron chi connectivity index (χ4n) is 2.75. The number of hydrogen-bond acceptors (Lipinski definition) is 4. The van der Waals surface area contributed by atoms with E-state index in [1.165, 1.54) is 25.5 Å². The molecular formula is C15H24N6O2. The number of rotatable bonds is 5. The molecule has 8 heteroatoms. The van der Waals surface area contributed by atoms with Gasteiger partial charge in [-0.3, -0.25) is 9.89 Å². The maximum atomic E-state index is 12.0. The number of carbonyl (C=O) groups is 2. The Morgan fingerprint density at radius 3 is 2.57 bits per heavy atom. The van der Waals surface area contributed by atoms with Crippen molar-refractivity contribution in [1.29, 1.82) is 0 Å². The molecule has 0 unspecified atom stereocenters. The molecule has 0 atom stereocenters. The number of H-pyrrole nitrogens is 1. The van der Waals surface area contributed by atoms with Crippen molar-refractivity contribution in [3.05, 3.63) is 11.8 Å². The lowest BCUT2D eigenvalue weighted by Gasteiger charge is -2.34. The SMILES string of the molecule is CC(=O)NCCNC(=O)N1CCN(c2cc(C3CC3)[nH]n2)CC1. The highest BCUT2D eigenvalue weighted by molar-refractivity contribution is 5.75. The van der Waals surface area contributed by atoms with Crippen LogP contribution in [-0.2, 0) is 4.79 Å². The van der Waals surface area contributed by atoms with Gasteiger partial charge in [0, 0.05) is 63.9 Å². The van der Waals surface area contributed by atoms with Crippen molar-refractivity contribution in [3.63, 3.8) is 0 Å². The Hall–Kier alpha value is -2.25. The van der Waals surface area contributed by atoms with E-state index < -0.39 is 0 Å². The summed E-state index contributed by atoms with van der Waals surface area (Å²) in [5, 5.41) is 13.0. The molecule has 2 aliphatic rings. The van der Waals surface area contributed by atoms with E-state index in [0.717, 1.165) is 18.9 Å². The van der Waals surface area contributed by atoms with Crippen LogP contribution in [0.1, 0.15) is 31.4 Å². The number of nitrogens with zero attached hydrogens (tertiary/aromatic N) is 3. The molecule has 3 N–H and O–H groups in total. The third kappa shape index (κ3) is 4.14. The molecule has 0 bridgehead atoms. The number of amides is 3. The molecule has 3 rings (SSSR count). The fourth-order valence-corrected chi connectivity index (χ4v) is 2.75. The smallest absolute Gasteiger partial charge is 0.317 e. The maximum Gasteiger partial charge on any atom is 0.317 e. The average molecular weight is 320 g/mol. The summed E-state index contributed by atoms with van der Waals surface area (Å²) >= 11 is 0. The summed E-state index contributed by atoms with van der Waals surface area (Å²) in [7, 11) is 0. The monoisotopic (exact) mass is 320 g/mol. The highest BCUT2D eigenvalue weighted by Crippen LogP contribution is 2.39. The zero-order valence-corrected chi connectivity index (χ0v) is 13.5. The van der Waals surface area contributed by atoms with Crippen molar-refractivity contribution in [2.75, 3.05) is 44.2 Å². The molecule has 1 aromatic heterocycles. The van der Waals surface area contributed by atoms with Gasteiger partial charge >= 0.3 is 6.03 Å². The number of carbonyl (C=O) groups excluding carboxylic acids is 2.